The molecule has 2 heteroatoms. The third kappa shape index (κ3) is 4.59. The summed E-state index contributed by atoms with van der Waals surface area (Å²) in [5.41, 5.74) is 9.26. The van der Waals surface area contributed by atoms with Crippen molar-refractivity contribution in [2.75, 3.05) is 5.73 Å². The van der Waals surface area contributed by atoms with Gasteiger partial charge >= 0.3 is 0 Å². The van der Waals surface area contributed by atoms with Gasteiger partial charge in [0.1, 0.15) is 5.75 Å². The number of benzene rings is 1. The predicted molar refractivity (Wildman–Crippen MR) is 78.8 cm³/mol. The van der Waals surface area contributed by atoms with E-state index in [1.54, 1.807) is 6.07 Å². The molecule has 2 nitrogen and oxygen atoms in total. The Morgan fingerprint density at radius 2 is 1.56 bits per heavy atom. The maximum atomic E-state index is 9.68. The lowest BCUT2D eigenvalue weighted by atomic mass is 9.92. The first-order valence-corrected chi connectivity index (χ1v) is 7.00. The number of hydrogen-bond acceptors (Lipinski definition) is 2. The highest BCUT2D eigenvalue weighted by Crippen LogP contribution is 2.27. The number of phenols is 1. The van der Waals surface area contributed by atoms with Gasteiger partial charge in [0.05, 0.1) is 0 Å². The van der Waals surface area contributed by atoms with Gasteiger partial charge in [-0.3, -0.25) is 0 Å². The van der Waals surface area contributed by atoms with E-state index in [1.165, 1.54) is 11.1 Å². The van der Waals surface area contributed by atoms with Crippen LogP contribution in [-0.4, -0.2) is 5.11 Å². The fraction of sp³-hybridized carbons (Fsp3) is 0.625. The Morgan fingerprint density at radius 3 is 2.11 bits per heavy atom. The zero-order valence-electron chi connectivity index (χ0n) is 12.2. The van der Waals surface area contributed by atoms with Crippen LogP contribution < -0.4 is 5.73 Å². The molecule has 1 rings (SSSR count). The van der Waals surface area contributed by atoms with Crippen LogP contribution in [0.25, 0.3) is 0 Å². The van der Waals surface area contributed by atoms with Crippen molar-refractivity contribution in [1.82, 2.24) is 0 Å². The summed E-state index contributed by atoms with van der Waals surface area (Å²) in [6.45, 7) is 8.90. The minimum Gasteiger partial charge on any atom is -0.508 e. The molecule has 0 saturated heterocycles. The van der Waals surface area contributed by atoms with Crippen molar-refractivity contribution in [3.8, 4) is 5.75 Å². The van der Waals surface area contributed by atoms with Crippen LogP contribution in [0.5, 0.6) is 5.75 Å². The van der Waals surface area contributed by atoms with Crippen LogP contribution in [0.2, 0.25) is 0 Å². The van der Waals surface area contributed by atoms with Crippen LogP contribution in [0.15, 0.2) is 12.1 Å². The average Bonchev–Trinajstić information content (AvgIpc) is 2.24. The lowest BCUT2D eigenvalue weighted by molar-refractivity contribution is 0.473. The number of aromatic hydroxyl groups is 1. The van der Waals surface area contributed by atoms with Gasteiger partial charge in [-0.1, -0.05) is 27.7 Å². The fourth-order valence-electron chi connectivity index (χ4n) is 2.14. The Kier molecular flexibility index (Phi) is 5.52. The summed E-state index contributed by atoms with van der Waals surface area (Å²) < 4.78 is 0. The molecule has 1 aromatic carbocycles. The Labute approximate surface area is 111 Å². The van der Waals surface area contributed by atoms with Crippen molar-refractivity contribution in [3.63, 3.8) is 0 Å². The fourth-order valence-corrected chi connectivity index (χ4v) is 2.14. The van der Waals surface area contributed by atoms with E-state index in [0.717, 1.165) is 31.4 Å². The van der Waals surface area contributed by atoms with Crippen molar-refractivity contribution in [2.45, 2.75) is 53.4 Å². The van der Waals surface area contributed by atoms with Gasteiger partial charge < -0.3 is 10.8 Å². The number of anilines is 1. The molecule has 102 valence electrons. The van der Waals surface area contributed by atoms with Crippen molar-refractivity contribution in [2.24, 2.45) is 11.8 Å². The van der Waals surface area contributed by atoms with E-state index < -0.39 is 0 Å². The van der Waals surface area contributed by atoms with Crippen LogP contribution in [0.1, 0.15) is 51.7 Å². The van der Waals surface area contributed by atoms with Gasteiger partial charge in [0.25, 0.3) is 0 Å². The third-order valence-corrected chi connectivity index (χ3v) is 3.32. The van der Waals surface area contributed by atoms with Gasteiger partial charge in [-0.25, -0.2) is 0 Å². The lowest BCUT2D eigenvalue weighted by Crippen LogP contribution is -2.04. The van der Waals surface area contributed by atoms with Crippen LogP contribution in [0, 0.1) is 11.8 Å². The predicted octanol–water partition coefficient (Wildman–Crippen LogP) is 4.15. The number of phenolic OH excluding ortho intramolecular Hbond substituents is 1. The van der Waals surface area contributed by atoms with E-state index in [-0.39, 0.29) is 0 Å². The molecule has 18 heavy (non-hydrogen) atoms. The van der Waals surface area contributed by atoms with Crippen molar-refractivity contribution in [1.29, 1.82) is 0 Å². The topological polar surface area (TPSA) is 46.2 Å². The summed E-state index contributed by atoms with van der Waals surface area (Å²) in [5.74, 6) is 1.64. The second kappa shape index (κ2) is 6.67. The summed E-state index contributed by atoms with van der Waals surface area (Å²) in [5, 5.41) is 9.68. The summed E-state index contributed by atoms with van der Waals surface area (Å²) in [6, 6.07) is 3.56. The molecule has 0 bridgehead atoms. The molecule has 0 unspecified atom stereocenters. The number of rotatable bonds is 6. The Morgan fingerprint density at radius 1 is 1.00 bits per heavy atom. The quantitative estimate of drug-likeness (QED) is 0.744. The smallest absolute Gasteiger partial charge is 0.117 e. The number of aryl methyl sites for hydroxylation is 1. The van der Waals surface area contributed by atoms with E-state index in [1.807, 2.05) is 6.07 Å². The molecule has 0 aliphatic carbocycles. The molecule has 0 radical (unpaired) electrons. The van der Waals surface area contributed by atoms with Gasteiger partial charge in [-0.05, 0) is 54.7 Å². The number of hydrogen-bond donors (Lipinski definition) is 2. The van der Waals surface area contributed by atoms with Crippen molar-refractivity contribution >= 4 is 5.69 Å². The first-order valence-electron chi connectivity index (χ1n) is 7.00. The maximum Gasteiger partial charge on any atom is 0.117 e. The second-order valence-corrected chi connectivity index (χ2v) is 6.04. The highest BCUT2D eigenvalue weighted by atomic mass is 16.3. The highest BCUT2D eigenvalue weighted by molar-refractivity contribution is 5.55. The first kappa shape index (κ1) is 14.9. The molecular weight excluding hydrogens is 222 g/mol. The normalized spacial score (nSPS) is 11.4. The van der Waals surface area contributed by atoms with Crippen molar-refractivity contribution in [3.05, 3.63) is 23.3 Å². The molecule has 0 heterocycles. The molecule has 0 amide bonds. The SMILES string of the molecule is CC(C)CCc1cc(O)cc(N)c1CCC(C)C. The summed E-state index contributed by atoms with van der Waals surface area (Å²) in [6.07, 6.45) is 4.29. The van der Waals surface area contributed by atoms with Gasteiger partial charge in [0, 0.05) is 11.8 Å². The first-order chi connectivity index (χ1) is 8.40. The van der Waals surface area contributed by atoms with E-state index in [4.69, 9.17) is 5.73 Å². The molecule has 0 aliphatic rings. The summed E-state index contributed by atoms with van der Waals surface area (Å²) in [4.78, 5) is 0. The van der Waals surface area contributed by atoms with Crippen molar-refractivity contribution < 1.29 is 5.11 Å². The molecule has 0 atom stereocenters. The molecular formula is C16H27NO. The van der Waals surface area contributed by atoms with E-state index in [0.29, 0.717) is 17.6 Å². The molecule has 1 aromatic rings. The molecule has 0 fully saturated rings. The van der Waals surface area contributed by atoms with Gasteiger partial charge in [-0.15, -0.1) is 0 Å². The largest absolute Gasteiger partial charge is 0.508 e. The average molecular weight is 249 g/mol. The zero-order valence-corrected chi connectivity index (χ0v) is 12.2. The van der Waals surface area contributed by atoms with Gasteiger partial charge in [0.15, 0.2) is 0 Å². The molecule has 0 spiro atoms. The number of nitrogens with two attached hydrogens (primary N) is 1. The van der Waals surface area contributed by atoms with Crippen LogP contribution in [-0.2, 0) is 12.8 Å². The zero-order chi connectivity index (χ0) is 13.7. The third-order valence-electron chi connectivity index (χ3n) is 3.32. The molecule has 0 aliphatic heterocycles. The van der Waals surface area contributed by atoms with Crippen LogP contribution in [0.3, 0.4) is 0 Å². The summed E-state index contributed by atoms with van der Waals surface area (Å²) in [7, 11) is 0. The second-order valence-electron chi connectivity index (χ2n) is 6.04. The summed E-state index contributed by atoms with van der Waals surface area (Å²) >= 11 is 0. The standard InChI is InChI=1S/C16H27NO/c1-11(2)5-7-13-9-14(18)10-16(17)15(13)8-6-12(3)4/h9-12,18H,5-8,17H2,1-4H3. The lowest BCUT2D eigenvalue weighted by Gasteiger charge is -2.15. The Bertz CT molecular complexity index is 383. The highest BCUT2D eigenvalue weighted by Gasteiger charge is 2.10. The van der Waals surface area contributed by atoms with E-state index in [2.05, 4.69) is 27.7 Å². The maximum absolute atomic E-state index is 9.68. The Hall–Kier alpha value is -1.18. The number of nitrogen functional groups attached to an aromatic ring is 1. The minimum atomic E-state index is 0.291. The molecule has 0 aromatic heterocycles. The van der Waals surface area contributed by atoms with Crippen LogP contribution >= 0.6 is 0 Å². The van der Waals surface area contributed by atoms with E-state index >= 15 is 0 Å². The molecule has 3 N–H and O–H groups in total. The monoisotopic (exact) mass is 249 g/mol. The Balaban J connectivity index is 2.89. The minimum absolute atomic E-state index is 0.291. The van der Waals surface area contributed by atoms with Gasteiger partial charge in [-0.2, -0.15) is 0 Å². The van der Waals surface area contributed by atoms with E-state index in [9.17, 15) is 5.11 Å². The van der Waals surface area contributed by atoms with Gasteiger partial charge in [0.2, 0.25) is 0 Å². The van der Waals surface area contributed by atoms with Crippen LogP contribution in [0.4, 0.5) is 5.69 Å². The molecule has 0 saturated carbocycles.